The van der Waals surface area contributed by atoms with E-state index in [1.165, 1.54) is 14.2 Å². The van der Waals surface area contributed by atoms with E-state index >= 15 is 0 Å². The van der Waals surface area contributed by atoms with Crippen LogP contribution in [0.5, 0.6) is 0 Å². The van der Waals surface area contributed by atoms with E-state index in [4.69, 9.17) is 23.7 Å². The molecule has 4 atom stereocenters. The van der Waals surface area contributed by atoms with Crippen LogP contribution < -0.4 is 0 Å². The Balaban J connectivity index is 4.58. The molecule has 6 nitrogen and oxygen atoms in total. The predicted octanol–water partition coefficient (Wildman–Crippen LogP) is -0.315. The van der Waals surface area contributed by atoms with E-state index in [2.05, 4.69) is 0 Å². The van der Waals surface area contributed by atoms with Gasteiger partial charge in [-0.05, 0) is 0 Å². The third kappa shape index (κ3) is 5.29. The minimum Gasteiger partial charge on any atom is -0.387 e. The van der Waals surface area contributed by atoms with Gasteiger partial charge in [-0.3, -0.25) is 0 Å². The molecule has 1 N–H and O–H groups in total. The average molecular weight is 252 g/mol. The first-order valence-electron chi connectivity index (χ1n) is 5.40. The van der Waals surface area contributed by atoms with Crippen molar-refractivity contribution >= 4 is 0 Å². The number of hydrogen-bond donors (Lipinski definition) is 1. The molecule has 0 unspecified atom stereocenters. The molecule has 0 bridgehead atoms. The molecule has 0 aliphatic heterocycles. The van der Waals surface area contributed by atoms with Crippen molar-refractivity contribution in [3.63, 3.8) is 0 Å². The summed E-state index contributed by atoms with van der Waals surface area (Å²) in [5.41, 5.74) is 0. The van der Waals surface area contributed by atoms with E-state index in [1.807, 2.05) is 0 Å². The molecule has 104 valence electrons. The van der Waals surface area contributed by atoms with Crippen molar-refractivity contribution in [1.82, 2.24) is 0 Å². The van der Waals surface area contributed by atoms with Crippen molar-refractivity contribution in [2.75, 3.05) is 48.8 Å². The fraction of sp³-hybridized carbons (Fsp3) is 1.00. The standard InChI is InChI=1S/C11H24O6/c1-13-6-8(15-3)10(12)11(17-5)9(16-4)7-14-2/h8-12H,6-7H2,1-5H3/t8-,9+,10-,11-/m1/s1. The van der Waals surface area contributed by atoms with Crippen LogP contribution in [0.2, 0.25) is 0 Å². The summed E-state index contributed by atoms with van der Waals surface area (Å²) in [5.74, 6) is 0. The van der Waals surface area contributed by atoms with Crippen molar-refractivity contribution < 1.29 is 28.8 Å². The van der Waals surface area contributed by atoms with Crippen molar-refractivity contribution in [2.45, 2.75) is 24.4 Å². The van der Waals surface area contributed by atoms with Crippen LogP contribution in [-0.4, -0.2) is 78.3 Å². The van der Waals surface area contributed by atoms with Gasteiger partial charge in [-0.15, -0.1) is 0 Å². The van der Waals surface area contributed by atoms with Crippen LogP contribution in [0.25, 0.3) is 0 Å². The first kappa shape index (κ1) is 16.8. The van der Waals surface area contributed by atoms with Crippen LogP contribution in [0.3, 0.4) is 0 Å². The Morgan fingerprint density at radius 2 is 1.24 bits per heavy atom. The van der Waals surface area contributed by atoms with Gasteiger partial charge in [0.25, 0.3) is 0 Å². The number of hydrogen-bond acceptors (Lipinski definition) is 6. The summed E-state index contributed by atoms with van der Waals surface area (Å²) >= 11 is 0. The largest absolute Gasteiger partial charge is 0.387 e. The van der Waals surface area contributed by atoms with Gasteiger partial charge < -0.3 is 28.8 Å². The van der Waals surface area contributed by atoms with Gasteiger partial charge in [-0.2, -0.15) is 0 Å². The van der Waals surface area contributed by atoms with Crippen molar-refractivity contribution in [3.05, 3.63) is 0 Å². The lowest BCUT2D eigenvalue weighted by Gasteiger charge is -2.32. The van der Waals surface area contributed by atoms with Gasteiger partial charge >= 0.3 is 0 Å². The molecule has 17 heavy (non-hydrogen) atoms. The van der Waals surface area contributed by atoms with Gasteiger partial charge in [0.1, 0.15) is 24.4 Å². The normalized spacial score (nSPS) is 18.7. The number of aliphatic hydroxyl groups is 1. The Hall–Kier alpha value is -0.240. The molecule has 6 heteroatoms. The molecule has 0 radical (unpaired) electrons. The Kier molecular flexibility index (Phi) is 9.62. The van der Waals surface area contributed by atoms with E-state index in [0.717, 1.165) is 0 Å². The summed E-state index contributed by atoms with van der Waals surface area (Å²) in [6, 6.07) is 0. The highest BCUT2D eigenvalue weighted by Crippen LogP contribution is 2.13. The molecule has 0 aromatic heterocycles. The molecular formula is C11H24O6. The SMILES string of the molecule is COC[C@H](OC)[C@@H](OC)[C@H](O)[C@@H](COC)OC. The van der Waals surface area contributed by atoms with Crippen molar-refractivity contribution in [3.8, 4) is 0 Å². The summed E-state index contributed by atoms with van der Waals surface area (Å²) in [7, 11) is 7.67. The molecule has 0 amide bonds. The predicted molar refractivity (Wildman–Crippen MR) is 62.1 cm³/mol. The van der Waals surface area contributed by atoms with Gasteiger partial charge in [0.05, 0.1) is 13.2 Å². The van der Waals surface area contributed by atoms with Crippen LogP contribution >= 0.6 is 0 Å². The number of ether oxygens (including phenoxy) is 5. The number of methoxy groups -OCH3 is 5. The maximum atomic E-state index is 10.2. The quantitative estimate of drug-likeness (QED) is 0.575. The second-order valence-electron chi connectivity index (χ2n) is 3.65. The second-order valence-corrected chi connectivity index (χ2v) is 3.65. The summed E-state index contributed by atoms with van der Waals surface area (Å²) in [5, 5.41) is 10.2. The first-order chi connectivity index (χ1) is 8.15. The van der Waals surface area contributed by atoms with Crippen LogP contribution in [0.4, 0.5) is 0 Å². The Morgan fingerprint density at radius 1 is 0.765 bits per heavy atom. The molecule has 0 saturated carbocycles. The van der Waals surface area contributed by atoms with Crippen molar-refractivity contribution in [2.24, 2.45) is 0 Å². The zero-order valence-corrected chi connectivity index (χ0v) is 11.2. The Bertz CT molecular complexity index is 177. The molecule has 0 aromatic rings. The molecular weight excluding hydrogens is 228 g/mol. The highest BCUT2D eigenvalue weighted by Gasteiger charge is 2.34. The summed E-state index contributed by atoms with van der Waals surface area (Å²) in [4.78, 5) is 0. The van der Waals surface area contributed by atoms with Gasteiger partial charge in [-0.1, -0.05) is 0 Å². The average Bonchev–Trinajstić information content (AvgIpc) is 2.35. The lowest BCUT2D eigenvalue weighted by molar-refractivity contribution is -0.156. The maximum Gasteiger partial charge on any atom is 0.114 e. The van der Waals surface area contributed by atoms with Gasteiger partial charge in [0.15, 0.2) is 0 Å². The van der Waals surface area contributed by atoms with E-state index in [0.29, 0.717) is 6.61 Å². The zero-order valence-electron chi connectivity index (χ0n) is 11.2. The molecule has 0 heterocycles. The van der Waals surface area contributed by atoms with Gasteiger partial charge in [0.2, 0.25) is 0 Å². The Morgan fingerprint density at radius 3 is 1.59 bits per heavy atom. The lowest BCUT2D eigenvalue weighted by Crippen LogP contribution is -2.49. The molecule has 0 aromatic carbocycles. The molecule has 0 spiro atoms. The van der Waals surface area contributed by atoms with E-state index in [9.17, 15) is 5.11 Å². The highest BCUT2D eigenvalue weighted by molar-refractivity contribution is 4.83. The topological polar surface area (TPSA) is 66.4 Å². The number of aliphatic hydroxyl groups excluding tert-OH is 1. The Labute approximate surface area is 103 Å². The fourth-order valence-corrected chi connectivity index (χ4v) is 1.65. The van der Waals surface area contributed by atoms with Crippen LogP contribution in [0.1, 0.15) is 0 Å². The lowest BCUT2D eigenvalue weighted by atomic mass is 10.0. The smallest absolute Gasteiger partial charge is 0.114 e. The molecule has 0 rings (SSSR count). The third-order valence-corrected chi connectivity index (χ3v) is 2.62. The minimum atomic E-state index is -0.856. The molecule has 0 saturated heterocycles. The highest BCUT2D eigenvalue weighted by atomic mass is 16.6. The first-order valence-corrected chi connectivity index (χ1v) is 5.40. The third-order valence-electron chi connectivity index (χ3n) is 2.62. The van der Waals surface area contributed by atoms with Gasteiger partial charge in [-0.25, -0.2) is 0 Å². The molecule has 0 aliphatic rings. The fourth-order valence-electron chi connectivity index (χ4n) is 1.65. The monoisotopic (exact) mass is 252 g/mol. The molecule has 0 aliphatic carbocycles. The summed E-state index contributed by atoms with van der Waals surface area (Å²) < 4.78 is 25.6. The number of rotatable bonds is 10. The molecule has 0 fully saturated rings. The van der Waals surface area contributed by atoms with Crippen LogP contribution in [0, 0.1) is 0 Å². The summed E-state index contributed by atoms with van der Waals surface area (Å²) in [6.07, 6.45) is -2.24. The zero-order chi connectivity index (χ0) is 13.3. The van der Waals surface area contributed by atoms with E-state index < -0.39 is 18.3 Å². The van der Waals surface area contributed by atoms with E-state index in [-0.39, 0.29) is 12.7 Å². The minimum absolute atomic E-state index is 0.279. The van der Waals surface area contributed by atoms with E-state index in [1.54, 1.807) is 21.3 Å². The van der Waals surface area contributed by atoms with Crippen molar-refractivity contribution in [1.29, 1.82) is 0 Å². The van der Waals surface area contributed by atoms with Crippen LogP contribution in [-0.2, 0) is 23.7 Å². The van der Waals surface area contributed by atoms with Gasteiger partial charge in [0, 0.05) is 35.5 Å². The van der Waals surface area contributed by atoms with Crippen LogP contribution in [0.15, 0.2) is 0 Å². The summed E-state index contributed by atoms with van der Waals surface area (Å²) in [6.45, 7) is 0.608. The second kappa shape index (κ2) is 9.76. The maximum absolute atomic E-state index is 10.2.